The summed E-state index contributed by atoms with van der Waals surface area (Å²) in [4.78, 5) is 27.1. The zero-order valence-corrected chi connectivity index (χ0v) is 20.2. The smallest absolute Gasteiger partial charge is 0.233 e. The third-order valence-electron chi connectivity index (χ3n) is 6.18. The Labute approximate surface area is 204 Å². The van der Waals surface area contributed by atoms with E-state index >= 15 is 0 Å². The van der Waals surface area contributed by atoms with Gasteiger partial charge in [-0.1, -0.05) is 71.9 Å². The molecule has 6 heteroatoms. The van der Waals surface area contributed by atoms with Gasteiger partial charge in [0.15, 0.2) is 0 Å². The second kappa shape index (κ2) is 10.3. The molecule has 3 aromatic carbocycles. The highest BCUT2D eigenvalue weighted by Gasteiger charge is 2.22. The van der Waals surface area contributed by atoms with Gasteiger partial charge in [0.25, 0.3) is 0 Å². The third kappa shape index (κ3) is 5.23. The van der Waals surface area contributed by atoms with Gasteiger partial charge in [0, 0.05) is 38.3 Å². The second-order valence-corrected chi connectivity index (χ2v) is 9.58. The first kappa shape index (κ1) is 22.4. The SMILES string of the molecule is Cc1ccc(Cc2nc3ccccc3nc2SCC(=O)N2CCN(c3ccccc3)CC2)cc1. The number of amides is 1. The monoisotopic (exact) mass is 468 g/mol. The normalized spacial score (nSPS) is 13.9. The van der Waals surface area contributed by atoms with Crippen LogP contribution in [0.25, 0.3) is 11.0 Å². The van der Waals surface area contributed by atoms with Crippen LogP contribution in [0.3, 0.4) is 0 Å². The molecular weight excluding hydrogens is 440 g/mol. The highest BCUT2D eigenvalue weighted by atomic mass is 32.2. The molecule has 1 aliphatic rings. The van der Waals surface area contributed by atoms with Crippen molar-refractivity contribution < 1.29 is 4.79 Å². The topological polar surface area (TPSA) is 49.3 Å². The molecule has 1 saturated heterocycles. The van der Waals surface area contributed by atoms with Gasteiger partial charge < -0.3 is 9.80 Å². The number of rotatable bonds is 6. The number of fused-ring (bicyclic) bond motifs is 1. The van der Waals surface area contributed by atoms with E-state index < -0.39 is 0 Å². The van der Waals surface area contributed by atoms with Crippen LogP contribution in [0.15, 0.2) is 83.9 Å². The summed E-state index contributed by atoms with van der Waals surface area (Å²) >= 11 is 1.50. The van der Waals surface area contributed by atoms with Crippen LogP contribution in [0.1, 0.15) is 16.8 Å². The van der Waals surface area contributed by atoms with Gasteiger partial charge in [-0.25, -0.2) is 9.97 Å². The van der Waals surface area contributed by atoms with Crippen molar-refractivity contribution in [1.29, 1.82) is 0 Å². The maximum atomic E-state index is 13.0. The van der Waals surface area contributed by atoms with E-state index in [-0.39, 0.29) is 5.91 Å². The van der Waals surface area contributed by atoms with E-state index in [4.69, 9.17) is 9.97 Å². The van der Waals surface area contributed by atoms with Crippen LogP contribution in [0.4, 0.5) is 5.69 Å². The molecule has 1 fully saturated rings. The Bertz CT molecular complexity index is 1270. The van der Waals surface area contributed by atoms with Gasteiger partial charge in [0.05, 0.1) is 22.5 Å². The number of aromatic nitrogens is 2. The van der Waals surface area contributed by atoms with Crippen molar-refractivity contribution in [3.8, 4) is 0 Å². The van der Waals surface area contributed by atoms with Gasteiger partial charge in [-0.3, -0.25) is 4.79 Å². The average Bonchev–Trinajstić information content (AvgIpc) is 2.89. The molecule has 0 atom stereocenters. The van der Waals surface area contributed by atoms with Crippen molar-refractivity contribution in [3.63, 3.8) is 0 Å². The fourth-order valence-corrected chi connectivity index (χ4v) is 5.11. The standard InChI is InChI=1S/C28H28N4OS/c1-21-11-13-22(14-12-21)19-26-28(30-25-10-6-5-9-24(25)29-26)34-20-27(33)32-17-15-31(16-18-32)23-7-3-2-4-8-23/h2-14H,15-20H2,1H3. The lowest BCUT2D eigenvalue weighted by molar-refractivity contribution is -0.128. The number of anilines is 1. The summed E-state index contributed by atoms with van der Waals surface area (Å²) in [6.07, 6.45) is 0.699. The minimum atomic E-state index is 0.161. The maximum absolute atomic E-state index is 13.0. The lowest BCUT2D eigenvalue weighted by Gasteiger charge is -2.36. The predicted octanol–water partition coefficient (Wildman–Crippen LogP) is 4.97. The van der Waals surface area contributed by atoms with Crippen molar-refractivity contribution >= 4 is 34.4 Å². The molecular formula is C28H28N4OS. The van der Waals surface area contributed by atoms with Crippen LogP contribution >= 0.6 is 11.8 Å². The summed E-state index contributed by atoms with van der Waals surface area (Å²) in [5.41, 5.74) is 6.32. The third-order valence-corrected chi connectivity index (χ3v) is 7.18. The van der Waals surface area contributed by atoms with Crippen LogP contribution in [-0.2, 0) is 11.2 Å². The lowest BCUT2D eigenvalue weighted by Crippen LogP contribution is -2.49. The van der Waals surface area contributed by atoms with Crippen molar-refractivity contribution in [1.82, 2.24) is 14.9 Å². The van der Waals surface area contributed by atoms with Gasteiger partial charge in [0.2, 0.25) is 5.91 Å². The van der Waals surface area contributed by atoms with Crippen LogP contribution in [0.2, 0.25) is 0 Å². The number of benzene rings is 3. The molecule has 2 heterocycles. The number of aryl methyl sites for hydroxylation is 1. The highest BCUT2D eigenvalue weighted by Crippen LogP contribution is 2.25. The largest absolute Gasteiger partial charge is 0.368 e. The molecule has 0 spiro atoms. The molecule has 4 aromatic rings. The molecule has 5 rings (SSSR count). The molecule has 5 nitrogen and oxygen atoms in total. The molecule has 0 aliphatic carbocycles. The number of piperazine rings is 1. The van der Waals surface area contributed by atoms with Crippen LogP contribution < -0.4 is 4.90 Å². The van der Waals surface area contributed by atoms with Crippen molar-refractivity contribution in [2.45, 2.75) is 18.4 Å². The summed E-state index contributed by atoms with van der Waals surface area (Å²) in [5.74, 6) is 0.535. The Hall–Kier alpha value is -3.38. The van der Waals surface area contributed by atoms with Crippen molar-refractivity contribution in [2.75, 3.05) is 36.8 Å². The summed E-state index contributed by atoms with van der Waals surface area (Å²) in [7, 11) is 0. The zero-order chi connectivity index (χ0) is 23.3. The number of carbonyl (C=O) groups is 1. The second-order valence-electron chi connectivity index (χ2n) is 8.62. The van der Waals surface area contributed by atoms with E-state index in [2.05, 4.69) is 60.4 Å². The van der Waals surface area contributed by atoms with E-state index in [1.807, 2.05) is 35.2 Å². The Morgan fingerprint density at radius 2 is 1.47 bits per heavy atom. The van der Waals surface area contributed by atoms with Gasteiger partial charge in [-0.2, -0.15) is 0 Å². The van der Waals surface area contributed by atoms with Gasteiger partial charge >= 0.3 is 0 Å². The van der Waals surface area contributed by atoms with Crippen LogP contribution in [0.5, 0.6) is 0 Å². The Morgan fingerprint density at radius 3 is 2.18 bits per heavy atom. The summed E-state index contributed by atoms with van der Waals surface area (Å²) in [5, 5.41) is 0.843. The number of hydrogen-bond acceptors (Lipinski definition) is 5. The summed E-state index contributed by atoms with van der Waals surface area (Å²) in [6, 6.07) is 26.8. The van der Waals surface area contributed by atoms with Gasteiger partial charge in [-0.15, -0.1) is 0 Å². The fourth-order valence-electron chi connectivity index (χ4n) is 4.22. The van der Waals surface area contributed by atoms with Gasteiger partial charge in [-0.05, 0) is 36.8 Å². The molecule has 0 bridgehead atoms. The summed E-state index contributed by atoms with van der Waals surface area (Å²) < 4.78 is 0. The minimum absolute atomic E-state index is 0.161. The molecule has 0 radical (unpaired) electrons. The first-order valence-corrected chi connectivity index (χ1v) is 12.7. The molecule has 1 aliphatic heterocycles. The first-order valence-electron chi connectivity index (χ1n) is 11.7. The molecule has 34 heavy (non-hydrogen) atoms. The summed E-state index contributed by atoms with van der Waals surface area (Å²) in [6.45, 7) is 5.29. The van der Waals surface area contributed by atoms with E-state index in [1.165, 1.54) is 28.6 Å². The fraction of sp³-hybridized carbons (Fsp3) is 0.250. The zero-order valence-electron chi connectivity index (χ0n) is 19.4. The molecule has 0 N–H and O–H groups in total. The van der Waals surface area contributed by atoms with Crippen molar-refractivity contribution in [2.24, 2.45) is 0 Å². The maximum Gasteiger partial charge on any atom is 0.233 e. The molecule has 1 aromatic heterocycles. The van der Waals surface area contributed by atoms with E-state index in [0.29, 0.717) is 12.2 Å². The van der Waals surface area contributed by atoms with Gasteiger partial charge in [0.1, 0.15) is 5.03 Å². The van der Waals surface area contributed by atoms with E-state index in [0.717, 1.165) is 47.9 Å². The molecule has 1 amide bonds. The van der Waals surface area contributed by atoms with E-state index in [1.54, 1.807) is 0 Å². The minimum Gasteiger partial charge on any atom is -0.368 e. The molecule has 0 unspecified atom stereocenters. The number of carbonyl (C=O) groups excluding carboxylic acids is 1. The molecule has 172 valence electrons. The highest BCUT2D eigenvalue weighted by molar-refractivity contribution is 7.99. The Morgan fingerprint density at radius 1 is 0.824 bits per heavy atom. The number of para-hydroxylation sites is 3. The average molecular weight is 469 g/mol. The Kier molecular flexibility index (Phi) is 6.77. The number of nitrogens with zero attached hydrogens (tertiary/aromatic N) is 4. The van der Waals surface area contributed by atoms with Crippen LogP contribution in [0, 0.1) is 6.92 Å². The number of hydrogen-bond donors (Lipinski definition) is 0. The quantitative estimate of drug-likeness (QED) is 0.374. The first-order chi connectivity index (χ1) is 16.7. The van der Waals surface area contributed by atoms with E-state index in [9.17, 15) is 4.79 Å². The number of thioether (sulfide) groups is 1. The predicted molar refractivity (Wildman–Crippen MR) is 139 cm³/mol. The lowest BCUT2D eigenvalue weighted by atomic mass is 10.1. The van der Waals surface area contributed by atoms with Crippen LogP contribution in [-0.4, -0.2) is 52.7 Å². The Balaban J connectivity index is 1.27. The molecule has 0 saturated carbocycles. The van der Waals surface area contributed by atoms with Crippen molar-refractivity contribution in [3.05, 3.63) is 95.7 Å².